The minimum Gasteiger partial charge on any atom is -0.458 e. The average molecular weight is 299 g/mol. The summed E-state index contributed by atoms with van der Waals surface area (Å²) in [4.78, 5) is 19.6. The molecule has 0 saturated carbocycles. The van der Waals surface area contributed by atoms with E-state index in [4.69, 9.17) is 11.5 Å². The number of hydrogen-bond donors (Lipinski definition) is 3. The van der Waals surface area contributed by atoms with Crippen LogP contribution in [-0.4, -0.2) is 37.8 Å². The van der Waals surface area contributed by atoms with Crippen molar-refractivity contribution in [2.24, 2.45) is 21.7 Å². The number of tetrazole rings is 1. The standard InChI is InChI=1S/C5H9N6O2.CN5O2/c1-3-4(10-13-11(3)12)2-8-9-5(6)7;7-6(8)1-2-4-5-3-1/h2,10H,1H3,(H4,6,7,9);/q+1;-1/b8-2+;. The first-order valence-electron chi connectivity index (χ1n) is 4.98. The molecule has 21 heavy (non-hydrogen) atoms. The van der Waals surface area contributed by atoms with Gasteiger partial charge < -0.3 is 21.6 Å². The van der Waals surface area contributed by atoms with Crippen LogP contribution >= 0.6 is 0 Å². The van der Waals surface area contributed by atoms with Crippen LogP contribution in [0.25, 0.3) is 0 Å². The summed E-state index contributed by atoms with van der Waals surface area (Å²) in [5.41, 5.74) is 10.8. The third-order valence-corrected chi connectivity index (χ3v) is 1.73. The Morgan fingerprint density at radius 2 is 2.33 bits per heavy atom. The molecule has 15 heteroatoms. The SMILES string of the molecule is Cc1c(/C=N/N=C(N)N)[nH]o[n+]1=O.O=[N+]([O-])c1nnn[n-]1. The van der Waals surface area contributed by atoms with Crippen LogP contribution in [0.3, 0.4) is 0 Å². The van der Waals surface area contributed by atoms with Gasteiger partial charge in [0.25, 0.3) is 5.95 Å². The molecule has 112 valence electrons. The van der Waals surface area contributed by atoms with Gasteiger partial charge in [-0.1, -0.05) is 20.0 Å². The van der Waals surface area contributed by atoms with Crippen molar-refractivity contribution in [1.82, 2.24) is 25.8 Å². The molecule has 2 aromatic rings. The van der Waals surface area contributed by atoms with Crippen molar-refractivity contribution in [3.63, 3.8) is 0 Å². The lowest BCUT2D eigenvalue weighted by Crippen LogP contribution is -2.21. The number of H-pyrrole nitrogens is 1. The van der Waals surface area contributed by atoms with Crippen molar-refractivity contribution in [2.75, 3.05) is 0 Å². The first-order valence-corrected chi connectivity index (χ1v) is 4.98. The van der Waals surface area contributed by atoms with Crippen LogP contribution in [0, 0.1) is 21.9 Å². The van der Waals surface area contributed by atoms with E-state index in [0.29, 0.717) is 16.0 Å². The molecule has 0 aliphatic rings. The Balaban J connectivity index is 0.000000235. The largest absolute Gasteiger partial charge is 0.458 e. The van der Waals surface area contributed by atoms with Crippen molar-refractivity contribution in [3.05, 3.63) is 26.4 Å². The highest BCUT2D eigenvalue weighted by Crippen LogP contribution is 1.92. The monoisotopic (exact) mass is 299 g/mol. The van der Waals surface area contributed by atoms with E-state index >= 15 is 0 Å². The predicted molar refractivity (Wildman–Crippen MR) is 64.4 cm³/mol. The highest BCUT2D eigenvalue weighted by Gasteiger charge is 2.11. The fourth-order valence-electron chi connectivity index (χ4n) is 0.817. The maximum atomic E-state index is 10.7. The van der Waals surface area contributed by atoms with Crippen LogP contribution < -0.4 is 21.2 Å². The molecule has 0 saturated heterocycles. The molecular weight excluding hydrogens is 290 g/mol. The molecule has 0 bridgehead atoms. The molecule has 0 aromatic carbocycles. The Hall–Kier alpha value is -3.65. The Labute approximate surface area is 114 Å². The van der Waals surface area contributed by atoms with Gasteiger partial charge in [0.15, 0.2) is 4.60 Å². The molecule has 2 aromatic heterocycles. The van der Waals surface area contributed by atoms with E-state index in [1.165, 1.54) is 6.21 Å². The Morgan fingerprint density at radius 1 is 1.62 bits per heavy atom. The first-order chi connectivity index (χ1) is 9.91. The lowest BCUT2D eigenvalue weighted by molar-refractivity contribution is -0.718. The third-order valence-electron chi connectivity index (χ3n) is 1.73. The third kappa shape index (κ3) is 4.85. The van der Waals surface area contributed by atoms with Crippen molar-refractivity contribution in [1.29, 1.82) is 0 Å². The number of nitrogens with two attached hydrogens (primary N) is 2. The second-order valence-corrected chi connectivity index (χ2v) is 3.15. The summed E-state index contributed by atoms with van der Waals surface area (Å²) < 4.78 is 4.70. The van der Waals surface area contributed by atoms with Gasteiger partial charge >= 0.3 is 0 Å². The number of hydrogen-bond acceptors (Lipinski definition) is 9. The van der Waals surface area contributed by atoms with Crippen LogP contribution in [0.4, 0.5) is 5.95 Å². The quantitative estimate of drug-likeness (QED) is 0.228. The smallest absolute Gasteiger partial charge is 0.296 e. The van der Waals surface area contributed by atoms with E-state index in [9.17, 15) is 15.0 Å². The lowest BCUT2D eigenvalue weighted by atomic mass is 10.4. The van der Waals surface area contributed by atoms with Crippen molar-refractivity contribution in [3.8, 4) is 0 Å². The highest BCUT2D eigenvalue weighted by atomic mass is 16.7. The Kier molecular flexibility index (Phi) is 5.18. The van der Waals surface area contributed by atoms with Crippen LogP contribution in [-0.2, 0) is 0 Å². The van der Waals surface area contributed by atoms with Crippen molar-refractivity contribution >= 4 is 18.1 Å². The van der Waals surface area contributed by atoms with Crippen LogP contribution in [0.5, 0.6) is 0 Å². The number of nitro groups is 1. The number of nitrogens with zero attached hydrogens (tertiary/aromatic N) is 8. The zero-order valence-corrected chi connectivity index (χ0v) is 10.4. The van der Waals surface area contributed by atoms with Gasteiger partial charge in [0, 0.05) is 6.92 Å². The van der Waals surface area contributed by atoms with Gasteiger partial charge in [0.05, 0.1) is 0 Å². The van der Waals surface area contributed by atoms with E-state index in [0.717, 1.165) is 0 Å². The molecule has 0 aliphatic heterocycles. The molecule has 5 N–H and O–H groups in total. The number of nitrogens with one attached hydrogen (secondary N) is 1. The van der Waals surface area contributed by atoms with Gasteiger partial charge in [-0.2, -0.15) is 10.0 Å². The second kappa shape index (κ2) is 7.07. The van der Waals surface area contributed by atoms with E-state index < -0.39 is 10.9 Å². The highest BCUT2D eigenvalue weighted by molar-refractivity contribution is 5.80. The van der Waals surface area contributed by atoms with Crippen molar-refractivity contribution < 1.29 is 14.2 Å². The number of aromatic amines is 1. The molecule has 0 atom stereocenters. The molecule has 0 amide bonds. The summed E-state index contributed by atoms with van der Waals surface area (Å²) in [6, 6.07) is 0. The van der Waals surface area contributed by atoms with E-state index in [1.54, 1.807) is 6.92 Å². The van der Waals surface area contributed by atoms with Crippen LogP contribution in [0.2, 0.25) is 0 Å². The average Bonchev–Trinajstić information content (AvgIpc) is 3.04. The summed E-state index contributed by atoms with van der Waals surface area (Å²) in [6.07, 6.45) is 1.27. The fraction of sp³-hybridized carbons (Fsp3) is 0.167. The summed E-state index contributed by atoms with van der Waals surface area (Å²) in [7, 11) is 0. The van der Waals surface area contributed by atoms with Gasteiger partial charge in [0.1, 0.15) is 6.21 Å². The van der Waals surface area contributed by atoms with Gasteiger partial charge in [-0.15, -0.1) is 5.10 Å². The lowest BCUT2D eigenvalue weighted by Gasteiger charge is -1.92. The van der Waals surface area contributed by atoms with E-state index in [1.807, 2.05) is 0 Å². The first kappa shape index (κ1) is 15.4. The summed E-state index contributed by atoms with van der Waals surface area (Å²) in [5.74, 6) is -0.725. The molecular formula is C6H9N11O4. The molecule has 0 unspecified atom stereocenters. The Morgan fingerprint density at radius 3 is 2.71 bits per heavy atom. The number of aromatic nitrogens is 6. The zero-order valence-electron chi connectivity index (χ0n) is 10.4. The summed E-state index contributed by atoms with van der Waals surface area (Å²) in [6.45, 7) is 1.56. The topological polar surface area (TPSA) is 225 Å². The molecule has 15 nitrogen and oxygen atoms in total. The second-order valence-electron chi connectivity index (χ2n) is 3.15. The number of guanidine groups is 1. The van der Waals surface area contributed by atoms with Crippen LogP contribution in [0.1, 0.15) is 11.4 Å². The predicted octanol–water partition coefficient (Wildman–Crippen LogP) is -2.83. The summed E-state index contributed by atoms with van der Waals surface area (Å²) in [5, 5.41) is 30.5. The van der Waals surface area contributed by atoms with Crippen molar-refractivity contribution in [2.45, 2.75) is 6.92 Å². The molecule has 2 rings (SSSR count). The molecule has 0 radical (unpaired) electrons. The molecule has 0 aliphatic carbocycles. The molecule has 2 heterocycles. The fourth-order valence-corrected chi connectivity index (χ4v) is 0.817. The maximum Gasteiger partial charge on any atom is 0.296 e. The van der Waals surface area contributed by atoms with Gasteiger partial charge in [-0.05, 0) is 15.3 Å². The van der Waals surface area contributed by atoms with Gasteiger partial charge in [0.2, 0.25) is 17.3 Å². The minimum absolute atomic E-state index is 0.160. The molecule has 0 fully saturated rings. The summed E-state index contributed by atoms with van der Waals surface area (Å²) >= 11 is 0. The molecule has 0 spiro atoms. The van der Waals surface area contributed by atoms with Gasteiger partial charge in [-0.25, -0.2) is 0 Å². The van der Waals surface area contributed by atoms with E-state index in [-0.39, 0.29) is 5.96 Å². The minimum atomic E-state index is -0.764. The van der Waals surface area contributed by atoms with Crippen LogP contribution in [0.15, 0.2) is 14.8 Å². The van der Waals surface area contributed by atoms with E-state index in [2.05, 4.69) is 40.6 Å². The number of rotatable bonds is 3. The normalized spacial score (nSPS) is 9.95. The Bertz CT molecular complexity index is 691. The zero-order chi connectivity index (χ0) is 15.8. The maximum absolute atomic E-state index is 10.7. The van der Waals surface area contributed by atoms with Gasteiger partial charge in [-0.3, -0.25) is 0 Å².